The lowest BCUT2D eigenvalue weighted by Gasteiger charge is -2.19. The molecular formula is C11H12ClO2. The van der Waals surface area contributed by atoms with Crippen molar-refractivity contribution in [3.05, 3.63) is 34.9 Å². The quantitative estimate of drug-likeness (QED) is 0.668. The van der Waals surface area contributed by atoms with Crippen molar-refractivity contribution in [1.29, 1.82) is 0 Å². The first kappa shape index (κ1) is 11.1. The smallest absolute Gasteiger partial charge is 0.339 e. The number of carbonyl (C=O) groups excluding carboxylic acids is 1. The van der Waals surface area contributed by atoms with Gasteiger partial charge in [0, 0.05) is 5.02 Å². The zero-order chi connectivity index (χ0) is 10.8. The summed E-state index contributed by atoms with van der Waals surface area (Å²) in [6, 6.07) is 7.57. The average Bonchev–Trinajstić information content (AvgIpc) is 2.01. The van der Waals surface area contributed by atoms with Crippen LogP contribution in [0.3, 0.4) is 0 Å². The Kier molecular flexibility index (Phi) is 3.17. The fraction of sp³-hybridized carbons (Fsp3) is 0.364. The van der Waals surface area contributed by atoms with Gasteiger partial charge in [-0.05, 0) is 39.0 Å². The first-order chi connectivity index (χ1) is 6.38. The Hall–Kier alpha value is -1.02. The van der Waals surface area contributed by atoms with Gasteiger partial charge in [0.05, 0.1) is 5.56 Å². The van der Waals surface area contributed by atoms with Gasteiger partial charge in [0.15, 0.2) is 0 Å². The molecule has 0 fully saturated rings. The third-order valence-electron chi connectivity index (χ3n) is 1.38. The van der Waals surface area contributed by atoms with E-state index in [1.165, 1.54) is 6.07 Å². The summed E-state index contributed by atoms with van der Waals surface area (Å²) >= 11 is 5.73. The molecule has 0 amide bonds. The van der Waals surface area contributed by atoms with Crippen molar-refractivity contribution in [2.45, 2.75) is 26.4 Å². The second-order valence-electron chi connectivity index (χ2n) is 3.92. The van der Waals surface area contributed by atoms with E-state index in [0.29, 0.717) is 10.6 Å². The number of halogens is 1. The highest BCUT2D eigenvalue weighted by Crippen LogP contribution is 2.14. The SMILES string of the molecule is CC(C)(C)OC(=O)c1[c]ccc(Cl)c1. The Morgan fingerprint density at radius 1 is 1.50 bits per heavy atom. The molecule has 14 heavy (non-hydrogen) atoms. The van der Waals surface area contributed by atoms with Crippen LogP contribution in [0.4, 0.5) is 0 Å². The number of hydrogen-bond acceptors (Lipinski definition) is 2. The third-order valence-corrected chi connectivity index (χ3v) is 1.62. The minimum absolute atomic E-state index is 0.354. The molecule has 0 saturated heterocycles. The molecule has 0 aliphatic rings. The zero-order valence-electron chi connectivity index (χ0n) is 8.43. The molecule has 0 aliphatic heterocycles. The van der Waals surface area contributed by atoms with Crippen molar-refractivity contribution in [3.63, 3.8) is 0 Å². The van der Waals surface area contributed by atoms with Crippen LogP contribution < -0.4 is 0 Å². The van der Waals surface area contributed by atoms with Crippen molar-refractivity contribution >= 4 is 17.6 Å². The lowest BCUT2D eigenvalue weighted by Crippen LogP contribution is -2.23. The average molecular weight is 212 g/mol. The third kappa shape index (κ3) is 3.38. The molecule has 0 saturated carbocycles. The molecule has 75 valence electrons. The standard InChI is InChI=1S/C11H12ClO2/c1-11(2,3)14-10(13)8-5-4-6-9(12)7-8/h4,6-7H,1-3H3. The Balaban J connectivity index is 2.80. The monoisotopic (exact) mass is 211 g/mol. The number of benzene rings is 1. The minimum atomic E-state index is -0.493. The first-order valence-corrected chi connectivity index (χ1v) is 4.67. The molecule has 0 N–H and O–H groups in total. The van der Waals surface area contributed by atoms with E-state index in [4.69, 9.17) is 16.3 Å². The summed E-state index contributed by atoms with van der Waals surface area (Å²) in [5.41, 5.74) is -0.139. The molecule has 0 atom stereocenters. The van der Waals surface area contributed by atoms with Crippen molar-refractivity contribution in [2.24, 2.45) is 0 Å². The summed E-state index contributed by atoms with van der Waals surface area (Å²) in [6.45, 7) is 5.44. The molecule has 1 aromatic rings. The van der Waals surface area contributed by atoms with Gasteiger partial charge in [-0.25, -0.2) is 4.79 Å². The van der Waals surface area contributed by atoms with Crippen LogP contribution in [0.15, 0.2) is 18.2 Å². The number of hydrogen-bond donors (Lipinski definition) is 0. The van der Waals surface area contributed by atoms with E-state index in [1.54, 1.807) is 12.1 Å². The van der Waals surface area contributed by atoms with Crippen LogP contribution in [0.5, 0.6) is 0 Å². The molecule has 0 aliphatic carbocycles. The van der Waals surface area contributed by atoms with Crippen molar-refractivity contribution in [2.75, 3.05) is 0 Å². The Labute approximate surface area is 88.8 Å². The lowest BCUT2D eigenvalue weighted by atomic mass is 10.2. The van der Waals surface area contributed by atoms with E-state index in [2.05, 4.69) is 6.07 Å². The van der Waals surface area contributed by atoms with Crippen LogP contribution in [-0.4, -0.2) is 11.6 Å². The molecule has 0 spiro atoms. The summed E-state index contributed by atoms with van der Waals surface area (Å²) in [5, 5.41) is 0.504. The predicted octanol–water partition coefficient (Wildman–Crippen LogP) is 3.10. The topological polar surface area (TPSA) is 26.3 Å². The lowest BCUT2D eigenvalue weighted by molar-refractivity contribution is 0.00692. The highest BCUT2D eigenvalue weighted by Gasteiger charge is 2.17. The largest absolute Gasteiger partial charge is 0.456 e. The van der Waals surface area contributed by atoms with E-state index in [9.17, 15) is 4.79 Å². The first-order valence-electron chi connectivity index (χ1n) is 4.29. The van der Waals surface area contributed by atoms with Crippen molar-refractivity contribution < 1.29 is 9.53 Å². The molecule has 0 bridgehead atoms. The molecule has 1 radical (unpaired) electrons. The van der Waals surface area contributed by atoms with E-state index in [-0.39, 0.29) is 0 Å². The summed E-state index contributed by atoms with van der Waals surface area (Å²) in [7, 11) is 0. The predicted molar refractivity (Wildman–Crippen MR) is 55.5 cm³/mol. The Bertz CT molecular complexity index is 339. The van der Waals surface area contributed by atoms with Gasteiger partial charge >= 0.3 is 5.97 Å². The molecule has 3 heteroatoms. The van der Waals surface area contributed by atoms with E-state index >= 15 is 0 Å². The number of rotatable bonds is 1. The highest BCUT2D eigenvalue weighted by atomic mass is 35.5. The molecular weight excluding hydrogens is 200 g/mol. The van der Waals surface area contributed by atoms with Crippen LogP contribution >= 0.6 is 11.6 Å². The van der Waals surface area contributed by atoms with Gasteiger partial charge in [-0.1, -0.05) is 17.7 Å². The second-order valence-corrected chi connectivity index (χ2v) is 4.36. The van der Waals surface area contributed by atoms with Gasteiger partial charge < -0.3 is 4.74 Å². The van der Waals surface area contributed by atoms with E-state index in [0.717, 1.165) is 0 Å². The van der Waals surface area contributed by atoms with Gasteiger partial charge in [-0.2, -0.15) is 0 Å². The van der Waals surface area contributed by atoms with Crippen molar-refractivity contribution in [1.82, 2.24) is 0 Å². The minimum Gasteiger partial charge on any atom is -0.456 e. The summed E-state index contributed by atoms with van der Waals surface area (Å²) in [5.74, 6) is -0.403. The van der Waals surface area contributed by atoms with Crippen LogP contribution in [0, 0.1) is 6.07 Å². The Morgan fingerprint density at radius 3 is 2.64 bits per heavy atom. The molecule has 1 rings (SSSR count). The van der Waals surface area contributed by atoms with Gasteiger partial charge in [0.2, 0.25) is 0 Å². The van der Waals surface area contributed by atoms with Gasteiger partial charge in [0.1, 0.15) is 5.60 Å². The highest BCUT2D eigenvalue weighted by molar-refractivity contribution is 6.30. The Morgan fingerprint density at radius 2 is 2.14 bits per heavy atom. The van der Waals surface area contributed by atoms with Crippen LogP contribution in [0.25, 0.3) is 0 Å². The summed E-state index contributed by atoms with van der Waals surface area (Å²) < 4.78 is 5.15. The molecule has 0 unspecified atom stereocenters. The summed E-state index contributed by atoms with van der Waals surface area (Å²) in [4.78, 5) is 11.5. The van der Waals surface area contributed by atoms with Gasteiger partial charge in [-0.3, -0.25) is 0 Å². The maximum atomic E-state index is 11.5. The summed E-state index contributed by atoms with van der Waals surface area (Å²) in [6.07, 6.45) is 0. The zero-order valence-corrected chi connectivity index (χ0v) is 9.18. The van der Waals surface area contributed by atoms with E-state index < -0.39 is 11.6 Å². The van der Waals surface area contributed by atoms with Crippen LogP contribution in [-0.2, 0) is 4.74 Å². The normalized spacial score (nSPS) is 11.1. The van der Waals surface area contributed by atoms with Gasteiger partial charge in [0.25, 0.3) is 0 Å². The van der Waals surface area contributed by atoms with Crippen LogP contribution in [0.2, 0.25) is 5.02 Å². The van der Waals surface area contributed by atoms with E-state index in [1.807, 2.05) is 20.8 Å². The second kappa shape index (κ2) is 4.01. The fourth-order valence-electron chi connectivity index (χ4n) is 0.890. The number of carbonyl (C=O) groups is 1. The number of esters is 1. The maximum absolute atomic E-state index is 11.5. The van der Waals surface area contributed by atoms with Crippen LogP contribution in [0.1, 0.15) is 31.1 Å². The number of ether oxygens (including phenoxy) is 1. The molecule has 2 nitrogen and oxygen atoms in total. The van der Waals surface area contributed by atoms with Crippen molar-refractivity contribution in [3.8, 4) is 0 Å². The fourth-order valence-corrected chi connectivity index (χ4v) is 1.06. The molecule has 1 aromatic carbocycles. The maximum Gasteiger partial charge on any atom is 0.339 e. The molecule has 0 heterocycles. The van der Waals surface area contributed by atoms with Gasteiger partial charge in [-0.15, -0.1) is 0 Å². The molecule has 0 aromatic heterocycles.